The van der Waals surface area contributed by atoms with Gasteiger partial charge in [-0.05, 0) is 25.3 Å². The SMILES string of the molecule is CC(C)Oc1nc(N)nc(NCC(C)c2ccccc2)n1. The van der Waals surface area contributed by atoms with Gasteiger partial charge in [-0.1, -0.05) is 37.3 Å². The third-order valence-corrected chi connectivity index (χ3v) is 2.91. The van der Waals surface area contributed by atoms with Gasteiger partial charge >= 0.3 is 6.01 Å². The van der Waals surface area contributed by atoms with Crippen LogP contribution in [0.1, 0.15) is 32.3 Å². The van der Waals surface area contributed by atoms with E-state index in [9.17, 15) is 0 Å². The fourth-order valence-electron chi connectivity index (χ4n) is 1.86. The number of aromatic nitrogens is 3. The van der Waals surface area contributed by atoms with Crippen LogP contribution in [-0.4, -0.2) is 27.6 Å². The summed E-state index contributed by atoms with van der Waals surface area (Å²) < 4.78 is 5.44. The molecule has 0 saturated heterocycles. The molecule has 1 heterocycles. The average Bonchev–Trinajstić information content (AvgIpc) is 2.44. The molecule has 2 aromatic rings. The number of rotatable bonds is 6. The van der Waals surface area contributed by atoms with Crippen molar-refractivity contribution < 1.29 is 4.74 Å². The lowest BCUT2D eigenvalue weighted by molar-refractivity contribution is 0.222. The Balaban J connectivity index is 2.01. The van der Waals surface area contributed by atoms with Crippen LogP contribution in [0.5, 0.6) is 6.01 Å². The Morgan fingerprint density at radius 3 is 2.48 bits per heavy atom. The minimum Gasteiger partial charge on any atom is -0.461 e. The van der Waals surface area contributed by atoms with E-state index in [1.807, 2.05) is 32.0 Å². The van der Waals surface area contributed by atoms with Gasteiger partial charge in [-0.3, -0.25) is 0 Å². The van der Waals surface area contributed by atoms with Crippen LogP contribution < -0.4 is 15.8 Å². The monoisotopic (exact) mass is 287 g/mol. The smallest absolute Gasteiger partial charge is 0.323 e. The van der Waals surface area contributed by atoms with Crippen molar-refractivity contribution in [1.29, 1.82) is 0 Å². The van der Waals surface area contributed by atoms with Crippen molar-refractivity contribution in [3.8, 4) is 6.01 Å². The predicted octanol–water partition coefficient (Wildman–Crippen LogP) is 2.46. The van der Waals surface area contributed by atoms with Crippen molar-refractivity contribution in [3.63, 3.8) is 0 Å². The van der Waals surface area contributed by atoms with E-state index >= 15 is 0 Å². The van der Waals surface area contributed by atoms with E-state index in [2.05, 4.69) is 39.3 Å². The van der Waals surface area contributed by atoms with Gasteiger partial charge in [0.2, 0.25) is 11.9 Å². The summed E-state index contributed by atoms with van der Waals surface area (Å²) in [5.41, 5.74) is 6.93. The first kappa shape index (κ1) is 15.0. The highest BCUT2D eigenvalue weighted by Crippen LogP contribution is 2.16. The maximum atomic E-state index is 5.67. The lowest BCUT2D eigenvalue weighted by Crippen LogP contribution is -2.15. The van der Waals surface area contributed by atoms with Crippen LogP contribution in [0.2, 0.25) is 0 Å². The van der Waals surface area contributed by atoms with Crippen molar-refractivity contribution in [3.05, 3.63) is 35.9 Å². The maximum Gasteiger partial charge on any atom is 0.323 e. The lowest BCUT2D eigenvalue weighted by Gasteiger charge is -2.14. The first-order chi connectivity index (χ1) is 10.0. The van der Waals surface area contributed by atoms with Crippen LogP contribution in [0.15, 0.2) is 30.3 Å². The molecule has 0 bridgehead atoms. The fraction of sp³-hybridized carbons (Fsp3) is 0.400. The van der Waals surface area contributed by atoms with Crippen LogP contribution in [0.4, 0.5) is 11.9 Å². The summed E-state index contributed by atoms with van der Waals surface area (Å²) in [5, 5.41) is 3.18. The molecule has 6 heteroatoms. The van der Waals surface area contributed by atoms with Gasteiger partial charge < -0.3 is 15.8 Å². The molecule has 1 aromatic heterocycles. The Morgan fingerprint density at radius 1 is 1.10 bits per heavy atom. The molecule has 1 atom stereocenters. The normalized spacial score (nSPS) is 12.2. The Morgan fingerprint density at radius 2 is 1.81 bits per heavy atom. The number of anilines is 2. The number of benzene rings is 1. The maximum absolute atomic E-state index is 5.67. The largest absolute Gasteiger partial charge is 0.461 e. The number of hydrogen-bond acceptors (Lipinski definition) is 6. The fourth-order valence-corrected chi connectivity index (χ4v) is 1.86. The highest BCUT2D eigenvalue weighted by molar-refractivity contribution is 5.33. The van der Waals surface area contributed by atoms with Gasteiger partial charge in [-0.2, -0.15) is 15.0 Å². The molecule has 0 aliphatic heterocycles. The summed E-state index contributed by atoms with van der Waals surface area (Å²) in [6.07, 6.45) is -0.0112. The summed E-state index contributed by atoms with van der Waals surface area (Å²) in [6.45, 7) is 6.65. The van der Waals surface area contributed by atoms with Crippen molar-refractivity contribution >= 4 is 11.9 Å². The first-order valence-corrected chi connectivity index (χ1v) is 7.01. The highest BCUT2D eigenvalue weighted by Gasteiger charge is 2.09. The Bertz CT molecular complexity index is 574. The number of hydrogen-bond donors (Lipinski definition) is 2. The third-order valence-electron chi connectivity index (χ3n) is 2.91. The number of ether oxygens (including phenoxy) is 1. The second-order valence-corrected chi connectivity index (χ2v) is 5.16. The van der Waals surface area contributed by atoms with Crippen LogP contribution in [0, 0.1) is 0 Å². The van der Waals surface area contributed by atoms with Crippen LogP contribution >= 0.6 is 0 Å². The topological polar surface area (TPSA) is 86.0 Å². The van der Waals surface area contributed by atoms with E-state index in [4.69, 9.17) is 10.5 Å². The van der Waals surface area contributed by atoms with Crippen molar-refractivity contribution in [1.82, 2.24) is 15.0 Å². The minimum absolute atomic E-state index is 0.0112. The Labute approximate surface area is 124 Å². The van der Waals surface area contributed by atoms with Gasteiger partial charge in [0.15, 0.2) is 0 Å². The molecule has 112 valence electrons. The van der Waals surface area contributed by atoms with E-state index in [0.717, 1.165) is 0 Å². The first-order valence-electron chi connectivity index (χ1n) is 7.01. The van der Waals surface area contributed by atoms with Gasteiger partial charge in [0.25, 0.3) is 0 Å². The van der Waals surface area contributed by atoms with Gasteiger partial charge in [0.1, 0.15) is 0 Å². The van der Waals surface area contributed by atoms with Gasteiger partial charge in [0.05, 0.1) is 6.10 Å². The molecular formula is C15H21N5O. The van der Waals surface area contributed by atoms with Gasteiger partial charge in [-0.15, -0.1) is 0 Å². The summed E-state index contributed by atoms with van der Waals surface area (Å²) in [5.74, 6) is 0.912. The zero-order valence-electron chi connectivity index (χ0n) is 12.6. The molecule has 0 aliphatic carbocycles. The minimum atomic E-state index is -0.0112. The van der Waals surface area contributed by atoms with E-state index in [1.165, 1.54) is 5.56 Å². The van der Waals surface area contributed by atoms with Gasteiger partial charge in [0, 0.05) is 6.54 Å². The molecule has 0 amide bonds. The summed E-state index contributed by atoms with van der Waals surface area (Å²) in [4.78, 5) is 12.2. The van der Waals surface area contributed by atoms with Crippen molar-refractivity contribution in [2.45, 2.75) is 32.8 Å². The van der Waals surface area contributed by atoms with Crippen molar-refractivity contribution in [2.75, 3.05) is 17.6 Å². The Hall–Kier alpha value is -2.37. The van der Waals surface area contributed by atoms with Gasteiger partial charge in [-0.25, -0.2) is 0 Å². The second kappa shape index (κ2) is 6.88. The number of nitrogens with one attached hydrogen (secondary N) is 1. The lowest BCUT2D eigenvalue weighted by atomic mass is 10.0. The Kier molecular flexibility index (Phi) is 4.92. The quantitative estimate of drug-likeness (QED) is 0.848. The molecule has 21 heavy (non-hydrogen) atoms. The molecule has 1 unspecified atom stereocenters. The van der Waals surface area contributed by atoms with Crippen LogP contribution in [0.3, 0.4) is 0 Å². The molecule has 0 radical (unpaired) electrons. The standard InChI is InChI=1S/C15H21N5O/c1-10(2)21-15-19-13(16)18-14(20-15)17-9-11(3)12-7-5-4-6-8-12/h4-8,10-11H,9H2,1-3H3,(H3,16,17,18,19,20). The predicted molar refractivity (Wildman–Crippen MR) is 83.4 cm³/mol. The molecule has 0 aliphatic rings. The van der Waals surface area contributed by atoms with Crippen LogP contribution in [0.25, 0.3) is 0 Å². The molecule has 0 spiro atoms. The van der Waals surface area contributed by atoms with E-state index in [-0.39, 0.29) is 18.1 Å². The molecule has 1 aromatic carbocycles. The molecular weight excluding hydrogens is 266 g/mol. The number of nitrogens with two attached hydrogens (primary N) is 1. The van der Waals surface area contributed by atoms with E-state index in [1.54, 1.807) is 0 Å². The summed E-state index contributed by atoms with van der Waals surface area (Å²) >= 11 is 0. The third kappa shape index (κ3) is 4.59. The molecule has 3 N–H and O–H groups in total. The second-order valence-electron chi connectivity index (χ2n) is 5.16. The molecule has 0 saturated carbocycles. The zero-order chi connectivity index (χ0) is 15.2. The molecule has 6 nitrogen and oxygen atoms in total. The zero-order valence-corrected chi connectivity index (χ0v) is 12.6. The summed E-state index contributed by atoms with van der Waals surface area (Å²) in [7, 11) is 0. The molecule has 0 fully saturated rings. The number of nitrogens with zero attached hydrogens (tertiary/aromatic N) is 3. The van der Waals surface area contributed by atoms with E-state index in [0.29, 0.717) is 18.4 Å². The average molecular weight is 287 g/mol. The number of nitrogen functional groups attached to an aromatic ring is 1. The van der Waals surface area contributed by atoms with Crippen molar-refractivity contribution in [2.24, 2.45) is 0 Å². The summed E-state index contributed by atoms with van der Waals surface area (Å²) in [6, 6.07) is 10.5. The molecule has 2 rings (SSSR count). The highest BCUT2D eigenvalue weighted by atomic mass is 16.5. The van der Waals surface area contributed by atoms with Crippen LogP contribution in [-0.2, 0) is 0 Å². The van der Waals surface area contributed by atoms with E-state index < -0.39 is 0 Å².